The fraction of sp³-hybridized carbons (Fsp3) is 0.487. The summed E-state index contributed by atoms with van der Waals surface area (Å²) >= 11 is 0. The standard InChI is InChI=1S/C39H51N6O10P/c1-7-8-9-30-42-35-36(44(30)22-25-10-13-29(24(2)20-25)55-56(50,51)52)27-21-26(11-12-28(27)41-37(35)40)38(3,4)18-19-53-23-39(5,6)43-31(46)14-17-34(49)54-45-32(47)15-16-33(45)48/h10-13,20-21H,7-9,14-19,22-23H2,1-6H3,(H2,40,41)(H,43,46)(H2,50,51,52). The van der Waals surface area contributed by atoms with Crippen molar-refractivity contribution in [3.05, 3.63) is 58.9 Å². The molecule has 3 amide bonds. The van der Waals surface area contributed by atoms with Crippen molar-refractivity contribution in [2.75, 3.05) is 18.9 Å². The maximum Gasteiger partial charge on any atom is 0.524 e. The van der Waals surface area contributed by atoms with Gasteiger partial charge in [0.25, 0.3) is 11.8 Å². The number of pyridine rings is 1. The smallest absolute Gasteiger partial charge is 0.404 e. The third kappa shape index (κ3) is 10.5. The van der Waals surface area contributed by atoms with Gasteiger partial charge in [-0.15, -0.1) is 5.06 Å². The van der Waals surface area contributed by atoms with Gasteiger partial charge in [-0.1, -0.05) is 45.4 Å². The molecule has 0 radical (unpaired) electrons. The van der Waals surface area contributed by atoms with E-state index in [1.54, 1.807) is 19.1 Å². The molecule has 1 aliphatic rings. The quantitative estimate of drug-likeness (QED) is 0.0570. The van der Waals surface area contributed by atoms with Crippen LogP contribution in [0.1, 0.15) is 102 Å². The Labute approximate surface area is 325 Å². The van der Waals surface area contributed by atoms with Crippen molar-refractivity contribution >= 4 is 59.3 Å². The van der Waals surface area contributed by atoms with Crippen LogP contribution in [-0.4, -0.2) is 71.8 Å². The minimum absolute atomic E-state index is 0.00794. The van der Waals surface area contributed by atoms with Gasteiger partial charge < -0.3 is 29.7 Å². The van der Waals surface area contributed by atoms with Crippen LogP contribution in [-0.2, 0) is 51.7 Å². The van der Waals surface area contributed by atoms with Gasteiger partial charge in [0.2, 0.25) is 5.91 Å². The van der Waals surface area contributed by atoms with Crippen LogP contribution in [0.25, 0.3) is 21.9 Å². The Balaban J connectivity index is 1.28. The number of aromatic nitrogens is 3. The molecule has 0 bridgehead atoms. The molecule has 5 rings (SSSR count). The zero-order valence-corrected chi connectivity index (χ0v) is 33.6. The fourth-order valence-electron chi connectivity index (χ4n) is 6.59. The first-order valence-corrected chi connectivity index (χ1v) is 20.2. The van der Waals surface area contributed by atoms with E-state index in [0.29, 0.717) is 41.5 Å². The number of ether oxygens (including phenoxy) is 1. The number of hydrogen-bond donors (Lipinski definition) is 4. The minimum Gasteiger partial charge on any atom is -0.404 e. The number of anilines is 1. The van der Waals surface area contributed by atoms with Crippen LogP contribution in [0.15, 0.2) is 36.4 Å². The molecular weight excluding hydrogens is 743 g/mol. The van der Waals surface area contributed by atoms with Crippen molar-refractivity contribution in [3.8, 4) is 5.75 Å². The van der Waals surface area contributed by atoms with E-state index >= 15 is 0 Å². The number of phosphoric ester groups is 1. The number of carbonyl (C=O) groups is 4. The van der Waals surface area contributed by atoms with Crippen molar-refractivity contribution < 1.29 is 47.6 Å². The molecule has 302 valence electrons. The van der Waals surface area contributed by atoms with Crippen molar-refractivity contribution in [2.24, 2.45) is 0 Å². The maximum absolute atomic E-state index is 12.6. The lowest BCUT2D eigenvalue weighted by molar-refractivity contribution is -0.197. The number of amides is 3. The molecule has 0 saturated carbocycles. The molecule has 0 unspecified atom stereocenters. The summed E-state index contributed by atoms with van der Waals surface area (Å²) in [5, 5.41) is 4.22. The van der Waals surface area contributed by atoms with Crippen LogP contribution in [0, 0.1) is 6.92 Å². The average molecular weight is 795 g/mol. The molecule has 2 aromatic carbocycles. The Hall–Kier alpha value is -4.89. The average Bonchev–Trinajstić information content (AvgIpc) is 3.63. The molecule has 0 spiro atoms. The van der Waals surface area contributed by atoms with Crippen molar-refractivity contribution in [3.63, 3.8) is 0 Å². The van der Waals surface area contributed by atoms with Gasteiger partial charge in [0, 0.05) is 44.2 Å². The van der Waals surface area contributed by atoms with Crippen molar-refractivity contribution in [1.82, 2.24) is 24.9 Å². The monoisotopic (exact) mass is 794 g/mol. The van der Waals surface area contributed by atoms with Gasteiger partial charge in [-0.2, -0.15) is 0 Å². The number of aryl methyl sites for hydroxylation is 2. The van der Waals surface area contributed by atoms with Gasteiger partial charge in [-0.3, -0.25) is 24.2 Å². The number of nitrogen functional groups attached to an aromatic ring is 1. The van der Waals surface area contributed by atoms with Gasteiger partial charge in [0.15, 0.2) is 5.82 Å². The number of phosphoric acid groups is 1. The van der Waals surface area contributed by atoms with Crippen LogP contribution in [0.3, 0.4) is 0 Å². The molecule has 2 aromatic heterocycles. The summed E-state index contributed by atoms with van der Waals surface area (Å²) in [7, 11) is -4.71. The zero-order chi connectivity index (χ0) is 41.0. The van der Waals surface area contributed by atoms with Crippen LogP contribution >= 0.6 is 7.82 Å². The highest BCUT2D eigenvalue weighted by Gasteiger charge is 2.33. The van der Waals surface area contributed by atoms with E-state index in [9.17, 15) is 33.5 Å². The van der Waals surface area contributed by atoms with E-state index in [-0.39, 0.29) is 43.5 Å². The summed E-state index contributed by atoms with van der Waals surface area (Å²) in [4.78, 5) is 81.2. The predicted molar refractivity (Wildman–Crippen MR) is 208 cm³/mol. The molecule has 1 saturated heterocycles. The number of nitrogens with two attached hydrogens (primary N) is 1. The van der Waals surface area contributed by atoms with Gasteiger partial charge in [0.1, 0.15) is 17.1 Å². The number of hydrogen-bond acceptors (Lipinski definition) is 11. The van der Waals surface area contributed by atoms with E-state index < -0.39 is 37.1 Å². The number of benzene rings is 2. The summed E-state index contributed by atoms with van der Waals surface area (Å²) in [6.45, 7) is 12.8. The van der Waals surface area contributed by atoms with Crippen molar-refractivity contribution in [1.29, 1.82) is 0 Å². The second-order valence-electron chi connectivity index (χ2n) is 15.5. The zero-order valence-electron chi connectivity index (χ0n) is 32.7. The SMILES string of the molecule is CCCCc1nc2c(N)nc3ccc(C(C)(C)CCOCC(C)(C)NC(=O)CCC(=O)ON4C(=O)CCC4=O)cc3c2n1Cc1ccc(OP(=O)(O)O)c(C)c1. The van der Waals surface area contributed by atoms with E-state index in [0.717, 1.165) is 52.6 Å². The highest BCUT2D eigenvalue weighted by Crippen LogP contribution is 2.40. The number of nitrogens with zero attached hydrogens (tertiary/aromatic N) is 4. The molecule has 16 nitrogen and oxygen atoms in total. The lowest BCUT2D eigenvalue weighted by Crippen LogP contribution is -2.47. The molecule has 0 aliphatic carbocycles. The van der Waals surface area contributed by atoms with Crippen LogP contribution in [0.2, 0.25) is 0 Å². The summed E-state index contributed by atoms with van der Waals surface area (Å²) in [5.41, 5.74) is 10.1. The number of hydroxylamine groups is 2. The van der Waals surface area contributed by atoms with Gasteiger partial charge in [-0.05, 0) is 73.9 Å². The molecule has 5 N–H and O–H groups in total. The number of fused-ring (bicyclic) bond motifs is 3. The lowest BCUT2D eigenvalue weighted by atomic mass is 9.81. The van der Waals surface area contributed by atoms with E-state index in [2.05, 4.69) is 36.7 Å². The molecule has 3 heterocycles. The lowest BCUT2D eigenvalue weighted by Gasteiger charge is -2.29. The highest BCUT2D eigenvalue weighted by molar-refractivity contribution is 7.46. The van der Waals surface area contributed by atoms with Crippen LogP contribution < -0.4 is 15.6 Å². The Morgan fingerprint density at radius 2 is 1.73 bits per heavy atom. The number of carbonyl (C=O) groups excluding carboxylic acids is 4. The normalized spacial score (nSPS) is 13.9. The summed E-state index contributed by atoms with van der Waals surface area (Å²) in [6, 6.07) is 11.3. The molecule has 17 heteroatoms. The Morgan fingerprint density at radius 1 is 1.02 bits per heavy atom. The molecular formula is C39H51N6O10P. The molecule has 1 aliphatic heterocycles. The van der Waals surface area contributed by atoms with E-state index in [1.165, 1.54) is 0 Å². The maximum atomic E-state index is 12.6. The molecule has 4 aromatic rings. The number of imide groups is 1. The van der Waals surface area contributed by atoms with E-state index in [1.807, 2.05) is 32.0 Å². The number of unbranched alkanes of at least 4 members (excludes halogenated alkanes) is 1. The molecule has 0 atom stereocenters. The number of nitrogens with one attached hydrogen (secondary N) is 1. The van der Waals surface area contributed by atoms with Crippen LogP contribution in [0.5, 0.6) is 5.75 Å². The highest BCUT2D eigenvalue weighted by atomic mass is 31.2. The largest absolute Gasteiger partial charge is 0.524 e. The Bertz CT molecular complexity index is 2180. The number of rotatable bonds is 18. The topological polar surface area (TPSA) is 225 Å². The van der Waals surface area contributed by atoms with Gasteiger partial charge >= 0.3 is 13.8 Å². The Kier molecular flexibility index (Phi) is 12.9. The Morgan fingerprint density at radius 3 is 2.39 bits per heavy atom. The van der Waals surface area contributed by atoms with Crippen LogP contribution in [0.4, 0.5) is 5.82 Å². The first-order chi connectivity index (χ1) is 26.3. The van der Waals surface area contributed by atoms with Crippen molar-refractivity contribution in [2.45, 2.75) is 110 Å². The second kappa shape index (κ2) is 17.1. The first-order valence-electron chi connectivity index (χ1n) is 18.7. The summed E-state index contributed by atoms with van der Waals surface area (Å²) < 4.78 is 24.5. The van der Waals surface area contributed by atoms with E-state index in [4.69, 9.17) is 29.8 Å². The fourth-order valence-corrected chi connectivity index (χ4v) is 7.05. The summed E-state index contributed by atoms with van der Waals surface area (Å²) in [6.07, 6.45) is 2.77. The van der Waals surface area contributed by atoms with Gasteiger partial charge in [0.05, 0.1) is 29.6 Å². The molecule has 56 heavy (non-hydrogen) atoms. The van der Waals surface area contributed by atoms with Gasteiger partial charge in [-0.25, -0.2) is 19.3 Å². The third-order valence-electron chi connectivity index (χ3n) is 9.68. The molecule has 1 fully saturated rings. The second-order valence-corrected chi connectivity index (χ2v) is 16.7. The summed E-state index contributed by atoms with van der Waals surface area (Å²) in [5.74, 6) is -1.09. The first kappa shape index (κ1) is 42.3. The number of imidazole rings is 1. The minimum atomic E-state index is -4.71. The third-order valence-corrected chi connectivity index (χ3v) is 10.1. The predicted octanol–water partition coefficient (Wildman–Crippen LogP) is 5.30.